The van der Waals surface area contributed by atoms with Crippen molar-refractivity contribution in [2.24, 2.45) is 0 Å². The number of anilines is 4. The third-order valence-electron chi connectivity index (χ3n) is 4.65. The molecule has 3 aromatic carbocycles. The van der Waals surface area contributed by atoms with Crippen molar-refractivity contribution in [2.45, 2.75) is 33.4 Å². The summed E-state index contributed by atoms with van der Waals surface area (Å²) in [5.41, 5.74) is 3.60. The highest BCUT2D eigenvalue weighted by atomic mass is 19.1. The third kappa shape index (κ3) is 3.68. The van der Waals surface area contributed by atoms with Crippen LogP contribution in [-0.2, 0) is 5.67 Å². The highest BCUT2D eigenvalue weighted by molar-refractivity contribution is 5.87. The molecule has 0 aromatic heterocycles. The summed E-state index contributed by atoms with van der Waals surface area (Å²) in [6.07, 6.45) is 0. The number of para-hydroxylation sites is 4. The van der Waals surface area contributed by atoms with Gasteiger partial charge >= 0.3 is 0 Å². The Morgan fingerprint density at radius 2 is 1.15 bits per heavy atom. The Morgan fingerprint density at radius 1 is 0.667 bits per heavy atom. The van der Waals surface area contributed by atoms with Crippen LogP contribution in [0.4, 0.5) is 27.1 Å². The maximum atomic E-state index is 14.8. The molecule has 140 valence electrons. The Morgan fingerprint density at radius 3 is 1.74 bits per heavy atom. The second-order valence-electron chi connectivity index (χ2n) is 6.81. The maximum Gasteiger partial charge on any atom is 0.132 e. The summed E-state index contributed by atoms with van der Waals surface area (Å²) in [7, 11) is 0. The monoisotopic (exact) mass is 362 g/mol. The molecule has 4 rings (SSSR count). The predicted molar refractivity (Wildman–Crippen MR) is 114 cm³/mol. The van der Waals surface area contributed by atoms with Crippen LogP contribution in [0, 0.1) is 0 Å². The quantitative estimate of drug-likeness (QED) is 0.487. The fourth-order valence-corrected chi connectivity index (χ4v) is 3.46. The van der Waals surface area contributed by atoms with Gasteiger partial charge in [0.15, 0.2) is 0 Å². The van der Waals surface area contributed by atoms with Crippen LogP contribution < -0.4 is 9.80 Å². The zero-order valence-electron chi connectivity index (χ0n) is 16.5. The second kappa shape index (κ2) is 7.83. The van der Waals surface area contributed by atoms with Gasteiger partial charge in [-0.05, 0) is 44.2 Å². The Hall–Kier alpha value is -2.81. The van der Waals surface area contributed by atoms with Crippen LogP contribution in [0.5, 0.6) is 0 Å². The minimum atomic E-state index is -1.40. The molecule has 3 aromatic rings. The van der Waals surface area contributed by atoms with Crippen LogP contribution in [0.3, 0.4) is 0 Å². The van der Waals surface area contributed by atoms with Gasteiger partial charge in [0.25, 0.3) is 0 Å². The molecule has 0 atom stereocenters. The molecule has 2 nitrogen and oxygen atoms in total. The van der Waals surface area contributed by atoms with Gasteiger partial charge in [-0.3, -0.25) is 0 Å². The molecule has 0 saturated heterocycles. The minimum Gasteiger partial charge on any atom is -0.321 e. The Balaban J connectivity index is 0.00000102. The molecule has 0 fully saturated rings. The van der Waals surface area contributed by atoms with Crippen LogP contribution in [-0.4, -0.2) is 6.67 Å². The summed E-state index contributed by atoms with van der Waals surface area (Å²) >= 11 is 0. The molecule has 0 aliphatic carbocycles. The van der Waals surface area contributed by atoms with Gasteiger partial charge in [-0.25, -0.2) is 4.39 Å². The van der Waals surface area contributed by atoms with E-state index in [-0.39, 0.29) is 0 Å². The fraction of sp³-hybridized carbons (Fsp3) is 0.250. The summed E-state index contributed by atoms with van der Waals surface area (Å²) in [6, 6.07) is 26.3. The Labute approximate surface area is 161 Å². The number of rotatable bonds is 3. The number of hydrogen-bond donors (Lipinski definition) is 0. The molecule has 0 bridgehead atoms. The Bertz CT molecular complexity index is 884. The van der Waals surface area contributed by atoms with Crippen molar-refractivity contribution in [3.05, 3.63) is 84.4 Å². The largest absolute Gasteiger partial charge is 0.321 e. The lowest BCUT2D eigenvalue weighted by atomic mass is 9.97. The van der Waals surface area contributed by atoms with E-state index in [4.69, 9.17) is 0 Å². The molecular weight excluding hydrogens is 335 g/mol. The molecule has 1 heterocycles. The van der Waals surface area contributed by atoms with E-state index in [1.54, 1.807) is 13.8 Å². The smallest absolute Gasteiger partial charge is 0.132 e. The topological polar surface area (TPSA) is 6.48 Å². The number of fused-ring (bicyclic) bond motifs is 1. The van der Waals surface area contributed by atoms with Crippen molar-refractivity contribution in [1.82, 2.24) is 0 Å². The van der Waals surface area contributed by atoms with Gasteiger partial charge in [0.1, 0.15) is 12.3 Å². The normalized spacial score (nSPS) is 13.1. The van der Waals surface area contributed by atoms with E-state index in [0.29, 0.717) is 12.2 Å². The first-order valence-electron chi connectivity index (χ1n) is 9.53. The fourth-order valence-electron chi connectivity index (χ4n) is 3.46. The predicted octanol–water partition coefficient (Wildman–Crippen LogP) is 7.16. The van der Waals surface area contributed by atoms with Crippen molar-refractivity contribution in [2.75, 3.05) is 16.5 Å². The standard InChI is InChI=1S/C22H21FN2.C2H6/c1-22(2,23)18-12-6-7-13-19(18)25-16-24(17-10-4-3-5-11-17)20-14-8-9-15-21(20)25;1-2/h3-15H,16H2,1-2H3;1-2H3. The summed E-state index contributed by atoms with van der Waals surface area (Å²) in [5.74, 6) is 0. The lowest BCUT2D eigenvalue weighted by Gasteiger charge is -2.27. The SMILES string of the molecule is CC.CC(C)(F)c1ccccc1N1CN(c2ccccc2)c2ccccc21. The van der Waals surface area contributed by atoms with E-state index in [2.05, 4.69) is 34.1 Å². The van der Waals surface area contributed by atoms with Crippen molar-refractivity contribution >= 4 is 22.7 Å². The van der Waals surface area contributed by atoms with Crippen LogP contribution in [0.1, 0.15) is 33.3 Å². The number of alkyl halides is 1. The van der Waals surface area contributed by atoms with Gasteiger partial charge in [-0.15, -0.1) is 0 Å². The third-order valence-corrected chi connectivity index (χ3v) is 4.65. The number of nitrogens with zero attached hydrogens (tertiary/aromatic N) is 2. The highest BCUT2D eigenvalue weighted by Crippen LogP contribution is 2.46. The van der Waals surface area contributed by atoms with Crippen LogP contribution in [0.25, 0.3) is 0 Å². The lowest BCUT2D eigenvalue weighted by molar-refractivity contribution is 0.222. The number of benzene rings is 3. The van der Waals surface area contributed by atoms with Crippen LogP contribution in [0.15, 0.2) is 78.9 Å². The molecule has 0 amide bonds. The first-order chi connectivity index (χ1) is 13.1. The van der Waals surface area contributed by atoms with E-state index in [0.717, 1.165) is 22.7 Å². The maximum absolute atomic E-state index is 14.8. The molecule has 0 spiro atoms. The lowest BCUT2D eigenvalue weighted by Crippen LogP contribution is -2.26. The molecule has 0 unspecified atom stereocenters. The summed E-state index contributed by atoms with van der Waals surface area (Å²) in [6.45, 7) is 7.89. The molecule has 1 aliphatic rings. The van der Waals surface area contributed by atoms with Gasteiger partial charge in [-0.2, -0.15) is 0 Å². The van der Waals surface area contributed by atoms with Gasteiger partial charge in [0, 0.05) is 16.9 Å². The zero-order chi connectivity index (χ0) is 19.4. The molecule has 1 aliphatic heterocycles. The van der Waals surface area contributed by atoms with E-state index in [1.807, 2.05) is 68.4 Å². The van der Waals surface area contributed by atoms with Crippen LogP contribution >= 0.6 is 0 Å². The van der Waals surface area contributed by atoms with Gasteiger partial charge < -0.3 is 9.80 Å². The Kier molecular flexibility index (Phi) is 5.50. The first-order valence-corrected chi connectivity index (χ1v) is 9.53. The first kappa shape index (κ1) is 19.0. The van der Waals surface area contributed by atoms with Crippen molar-refractivity contribution < 1.29 is 4.39 Å². The average Bonchev–Trinajstić information content (AvgIpc) is 3.09. The van der Waals surface area contributed by atoms with E-state index in [9.17, 15) is 4.39 Å². The second-order valence-corrected chi connectivity index (χ2v) is 6.81. The van der Waals surface area contributed by atoms with Crippen molar-refractivity contribution in [1.29, 1.82) is 0 Å². The molecule has 0 saturated carbocycles. The van der Waals surface area contributed by atoms with Crippen molar-refractivity contribution in [3.63, 3.8) is 0 Å². The van der Waals surface area contributed by atoms with Crippen LogP contribution in [0.2, 0.25) is 0 Å². The molecule has 3 heteroatoms. The van der Waals surface area contributed by atoms with Gasteiger partial charge in [0.2, 0.25) is 0 Å². The molecule has 0 N–H and O–H groups in total. The molecule has 0 radical (unpaired) electrons. The minimum absolute atomic E-state index is 0.663. The highest BCUT2D eigenvalue weighted by Gasteiger charge is 2.31. The van der Waals surface area contributed by atoms with Crippen molar-refractivity contribution in [3.8, 4) is 0 Å². The summed E-state index contributed by atoms with van der Waals surface area (Å²) < 4.78 is 14.8. The van der Waals surface area contributed by atoms with Gasteiger partial charge in [0.05, 0.1) is 11.4 Å². The average molecular weight is 362 g/mol. The van der Waals surface area contributed by atoms with E-state index < -0.39 is 5.67 Å². The van der Waals surface area contributed by atoms with Gasteiger partial charge in [-0.1, -0.05) is 62.4 Å². The van der Waals surface area contributed by atoms with E-state index >= 15 is 0 Å². The van der Waals surface area contributed by atoms with E-state index in [1.165, 1.54) is 0 Å². The number of hydrogen-bond acceptors (Lipinski definition) is 2. The molecule has 27 heavy (non-hydrogen) atoms. The summed E-state index contributed by atoms with van der Waals surface area (Å²) in [4.78, 5) is 4.45. The molecular formula is C24H27FN2. The number of halogens is 1. The summed E-state index contributed by atoms with van der Waals surface area (Å²) in [5, 5.41) is 0. The zero-order valence-corrected chi connectivity index (χ0v) is 16.5.